The average molecular weight is 554 g/mol. The van der Waals surface area contributed by atoms with E-state index in [2.05, 4.69) is 20.3 Å². The molecule has 14 nitrogen and oxygen atoms in total. The highest BCUT2D eigenvalue weighted by molar-refractivity contribution is 5.95. The molecule has 2 aromatic carbocycles. The number of hydrogen-bond donors (Lipinski definition) is 5. The van der Waals surface area contributed by atoms with Crippen molar-refractivity contribution in [1.29, 1.82) is 5.26 Å². The van der Waals surface area contributed by atoms with Gasteiger partial charge >= 0.3 is 12.1 Å². The van der Waals surface area contributed by atoms with Crippen LogP contribution in [0.3, 0.4) is 0 Å². The van der Waals surface area contributed by atoms with E-state index in [0.29, 0.717) is 33.4 Å². The molecular formula is C27H27N11O3. The van der Waals surface area contributed by atoms with E-state index < -0.39 is 12.1 Å². The maximum Gasteiger partial charge on any atom is 0.336 e. The summed E-state index contributed by atoms with van der Waals surface area (Å²) in [6.07, 6.45) is 1.62. The summed E-state index contributed by atoms with van der Waals surface area (Å²) in [6, 6.07) is 20.0. The second kappa shape index (κ2) is 13.0. The van der Waals surface area contributed by atoms with Gasteiger partial charge in [0.1, 0.15) is 11.8 Å². The molecule has 0 atom stereocenters. The molecule has 0 fully saturated rings. The van der Waals surface area contributed by atoms with Crippen molar-refractivity contribution in [2.75, 3.05) is 15.3 Å². The third-order valence-electron chi connectivity index (χ3n) is 5.83. The molecule has 4 aromatic rings. The van der Waals surface area contributed by atoms with Crippen LogP contribution in [0.5, 0.6) is 0 Å². The molecule has 4 amide bonds. The van der Waals surface area contributed by atoms with Gasteiger partial charge in [-0.1, -0.05) is 48.5 Å². The minimum Gasteiger partial charge on any atom is -0.381 e. The minimum atomic E-state index is -1.03. The van der Waals surface area contributed by atoms with Crippen LogP contribution in [-0.2, 0) is 24.5 Å². The van der Waals surface area contributed by atoms with Gasteiger partial charge in [0.2, 0.25) is 0 Å². The Balaban J connectivity index is 1.68. The second-order valence-electron chi connectivity index (χ2n) is 8.66. The number of pyridine rings is 1. The predicted octanol–water partition coefficient (Wildman–Crippen LogP) is 2.26. The zero-order chi connectivity index (χ0) is 29.4. The summed E-state index contributed by atoms with van der Waals surface area (Å²) in [7, 11) is 0. The Hall–Kier alpha value is -5.62. The number of nitrogens with zero attached hydrogens (tertiary/aromatic N) is 6. The number of nitriles is 1. The van der Waals surface area contributed by atoms with Crippen LogP contribution in [0.25, 0.3) is 11.1 Å². The van der Waals surface area contributed by atoms with Crippen LogP contribution in [0.2, 0.25) is 0 Å². The maximum atomic E-state index is 12.1. The molecule has 4 rings (SSSR count). The van der Waals surface area contributed by atoms with Gasteiger partial charge in [-0.05, 0) is 34.9 Å². The number of hydrogen-bond acceptors (Lipinski definition) is 10. The topological polar surface area (TPSA) is 228 Å². The fourth-order valence-electron chi connectivity index (χ4n) is 3.76. The number of urea groups is 2. The number of ether oxygens (including phenoxy) is 1. The largest absolute Gasteiger partial charge is 0.381 e. The molecule has 0 saturated carbocycles. The number of hydrazine groups is 2. The number of primary amides is 2. The van der Waals surface area contributed by atoms with Crippen LogP contribution in [0.4, 0.5) is 27.0 Å². The number of nitrogens with two attached hydrogens (primary N) is 4. The molecular weight excluding hydrogens is 526 g/mol. The van der Waals surface area contributed by atoms with E-state index in [-0.39, 0.29) is 30.7 Å². The summed E-state index contributed by atoms with van der Waals surface area (Å²) in [5, 5.41) is 13.3. The van der Waals surface area contributed by atoms with E-state index in [1.807, 2.05) is 54.6 Å². The van der Waals surface area contributed by atoms with Crippen LogP contribution in [-0.4, -0.2) is 27.0 Å². The molecule has 0 aliphatic heterocycles. The quantitative estimate of drug-likeness (QED) is 0.109. The number of amides is 4. The molecule has 2 heterocycles. The van der Waals surface area contributed by atoms with Crippen LogP contribution < -0.4 is 38.5 Å². The highest BCUT2D eigenvalue weighted by Gasteiger charge is 2.25. The Morgan fingerprint density at radius 2 is 1.59 bits per heavy atom. The van der Waals surface area contributed by atoms with E-state index in [9.17, 15) is 9.59 Å². The van der Waals surface area contributed by atoms with Crippen molar-refractivity contribution >= 4 is 29.5 Å². The summed E-state index contributed by atoms with van der Waals surface area (Å²) in [6.45, 7) is 0.668. The second-order valence-corrected chi connectivity index (χ2v) is 8.66. The molecule has 0 radical (unpaired) electrons. The average Bonchev–Trinajstić information content (AvgIpc) is 3.00. The van der Waals surface area contributed by atoms with Crippen LogP contribution in [0.15, 0.2) is 72.9 Å². The number of carbonyl (C=O) groups is 2. The molecule has 0 bridgehead atoms. The van der Waals surface area contributed by atoms with Gasteiger partial charge in [0.15, 0.2) is 5.82 Å². The van der Waals surface area contributed by atoms with Gasteiger partial charge in [-0.3, -0.25) is 0 Å². The molecule has 0 spiro atoms. The molecule has 41 heavy (non-hydrogen) atoms. The fourth-order valence-corrected chi connectivity index (χ4v) is 3.76. The van der Waals surface area contributed by atoms with Crippen LogP contribution in [0, 0.1) is 11.3 Å². The molecule has 0 aliphatic carbocycles. The predicted molar refractivity (Wildman–Crippen MR) is 151 cm³/mol. The maximum absolute atomic E-state index is 12.1. The zero-order valence-corrected chi connectivity index (χ0v) is 21.8. The first-order valence-electron chi connectivity index (χ1n) is 12.2. The summed E-state index contributed by atoms with van der Waals surface area (Å²) in [4.78, 5) is 36.5. The number of nitrogens with one attached hydrogen (secondary N) is 1. The van der Waals surface area contributed by atoms with Gasteiger partial charge in [-0.2, -0.15) is 15.3 Å². The third kappa shape index (κ3) is 7.07. The molecule has 9 N–H and O–H groups in total. The molecule has 14 heteroatoms. The molecule has 0 unspecified atom stereocenters. The van der Waals surface area contributed by atoms with Crippen LogP contribution in [0.1, 0.15) is 22.5 Å². The number of aromatic nitrogens is 3. The summed E-state index contributed by atoms with van der Waals surface area (Å²) >= 11 is 0. The Kier molecular flexibility index (Phi) is 8.97. The molecule has 208 valence electrons. The van der Waals surface area contributed by atoms with Gasteiger partial charge in [0.05, 0.1) is 24.5 Å². The van der Waals surface area contributed by atoms with Crippen LogP contribution >= 0.6 is 0 Å². The van der Waals surface area contributed by atoms with Crippen molar-refractivity contribution in [3.05, 3.63) is 95.4 Å². The molecule has 0 aliphatic rings. The lowest BCUT2D eigenvalue weighted by Crippen LogP contribution is -2.45. The van der Waals surface area contributed by atoms with Crippen molar-refractivity contribution in [2.24, 2.45) is 23.2 Å². The summed E-state index contributed by atoms with van der Waals surface area (Å²) in [5.74, 6) is 11.3. The summed E-state index contributed by atoms with van der Waals surface area (Å²) < 4.78 is 5.91. The SMILES string of the molecule is N#Cc1ccc(CNc2ccc(-c3c(COCc4ccccc4)nc(N(N)C(N)=O)nc3N(N)C(N)=O)cc2)cn1. The summed E-state index contributed by atoms with van der Waals surface area (Å²) in [5.41, 5.74) is 14.9. The monoisotopic (exact) mass is 553 g/mol. The van der Waals surface area contributed by atoms with Crippen molar-refractivity contribution in [3.8, 4) is 17.2 Å². The third-order valence-corrected chi connectivity index (χ3v) is 5.83. The Labute approximate surface area is 235 Å². The van der Waals surface area contributed by atoms with Gasteiger partial charge in [-0.25, -0.2) is 36.3 Å². The van der Waals surface area contributed by atoms with Crippen molar-refractivity contribution in [1.82, 2.24) is 15.0 Å². The molecule has 2 aromatic heterocycles. The minimum absolute atomic E-state index is 0.0579. The standard InChI is InChI=1S/C27H27N11O3/c28-12-21-9-6-18(14-34-21)13-33-20-10-7-19(8-11-20)23-22(16-41-15-17-4-2-1-3-5-17)35-27(38(32)26(30)40)36-24(23)37(31)25(29)39/h1-11,14,33H,13,15-16,31-32H2,(H2,29,39)(H2,30,40). The van der Waals surface area contributed by atoms with E-state index >= 15 is 0 Å². The first-order chi connectivity index (χ1) is 19.8. The van der Waals surface area contributed by atoms with Crippen molar-refractivity contribution in [3.63, 3.8) is 0 Å². The zero-order valence-electron chi connectivity index (χ0n) is 21.8. The fraction of sp³-hybridized carbons (Fsp3) is 0.111. The lowest BCUT2D eigenvalue weighted by atomic mass is 10.0. The Morgan fingerprint density at radius 1 is 0.878 bits per heavy atom. The van der Waals surface area contributed by atoms with E-state index in [0.717, 1.165) is 16.8 Å². The number of anilines is 3. The van der Waals surface area contributed by atoms with E-state index in [1.165, 1.54) is 0 Å². The lowest BCUT2D eigenvalue weighted by Gasteiger charge is -2.22. The van der Waals surface area contributed by atoms with Gasteiger partial charge < -0.3 is 21.5 Å². The van der Waals surface area contributed by atoms with E-state index in [1.54, 1.807) is 24.4 Å². The first-order valence-corrected chi connectivity index (χ1v) is 12.2. The highest BCUT2D eigenvalue weighted by Crippen LogP contribution is 2.34. The lowest BCUT2D eigenvalue weighted by molar-refractivity contribution is 0.105. The Morgan fingerprint density at radius 3 is 2.20 bits per heavy atom. The first kappa shape index (κ1) is 28.4. The van der Waals surface area contributed by atoms with Gasteiger partial charge in [0, 0.05) is 18.4 Å². The normalized spacial score (nSPS) is 10.5. The van der Waals surface area contributed by atoms with Crippen molar-refractivity contribution in [2.45, 2.75) is 19.8 Å². The van der Waals surface area contributed by atoms with Crippen molar-refractivity contribution < 1.29 is 14.3 Å². The van der Waals surface area contributed by atoms with Gasteiger partial charge in [0.25, 0.3) is 5.95 Å². The van der Waals surface area contributed by atoms with E-state index in [4.69, 9.17) is 33.2 Å². The highest BCUT2D eigenvalue weighted by atomic mass is 16.5. The van der Waals surface area contributed by atoms with Gasteiger partial charge in [-0.15, -0.1) is 0 Å². The Bertz CT molecular complexity index is 1560. The number of carbonyl (C=O) groups excluding carboxylic acids is 2. The number of rotatable bonds is 10. The molecule has 0 saturated heterocycles. The smallest absolute Gasteiger partial charge is 0.336 e. The number of benzene rings is 2.